The molecule has 0 radical (unpaired) electrons. The van der Waals surface area contributed by atoms with E-state index in [1.807, 2.05) is 48.5 Å². The van der Waals surface area contributed by atoms with Gasteiger partial charge in [-0.3, -0.25) is 4.79 Å². The van der Waals surface area contributed by atoms with Crippen LogP contribution in [0.5, 0.6) is 5.75 Å². The first-order valence-electron chi connectivity index (χ1n) is 7.34. The summed E-state index contributed by atoms with van der Waals surface area (Å²) in [5.41, 5.74) is 3.90. The molecule has 0 aliphatic rings. The number of hydrogen-bond acceptors (Lipinski definition) is 3. The van der Waals surface area contributed by atoms with Crippen LogP contribution in [0.25, 0.3) is 10.8 Å². The molecule has 1 N–H and O–H groups in total. The van der Waals surface area contributed by atoms with Gasteiger partial charge < -0.3 is 4.74 Å². The van der Waals surface area contributed by atoms with Crippen LogP contribution in [-0.4, -0.2) is 19.2 Å². The minimum absolute atomic E-state index is 0.329. The fourth-order valence-electron chi connectivity index (χ4n) is 2.44. The number of benzene rings is 3. The Morgan fingerprint density at radius 1 is 1.12 bits per heavy atom. The third-order valence-corrected chi connectivity index (χ3v) is 4.09. The van der Waals surface area contributed by atoms with Crippen molar-refractivity contribution in [2.45, 2.75) is 0 Å². The SMILES string of the molecule is COc1ccc(Br)cc1C(=O)N/N=C\c1cccc2ccccc12. The lowest BCUT2D eigenvalue weighted by Crippen LogP contribution is -2.18. The van der Waals surface area contributed by atoms with E-state index >= 15 is 0 Å². The molecule has 0 spiro atoms. The molecule has 0 fully saturated rings. The topological polar surface area (TPSA) is 50.7 Å². The monoisotopic (exact) mass is 382 g/mol. The molecule has 1 amide bonds. The van der Waals surface area contributed by atoms with Gasteiger partial charge in [-0.2, -0.15) is 5.10 Å². The molecule has 24 heavy (non-hydrogen) atoms. The number of halogens is 1. The zero-order chi connectivity index (χ0) is 16.9. The van der Waals surface area contributed by atoms with Gasteiger partial charge in [0.15, 0.2) is 0 Å². The van der Waals surface area contributed by atoms with Crippen molar-refractivity contribution in [3.8, 4) is 5.75 Å². The Hall–Kier alpha value is -2.66. The Kier molecular flexibility index (Phi) is 4.91. The van der Waals surface area contributed by atoms with Crippen LogP contribution in [0.3, 0.4) is 0 Å². The third-order valence-electron chi connectivity index (χ3n) is 3.60. The number of carbonyl (C=O) groups excluding carboxylic acids is 1. The van der Waals surface area contributed by atoms with E-state index in [4.69, 9.17) is 4.74 Å². The highest BCUT2D eigenvalue weighted by Gasteiger charge is 2.12. The highest BCUT2D eigenvalue weighted by molar-refractivity contribution is 9.10. The second-order valence-corrected chi connectivity index (χ2v) is 6.03. The molecule has 0 unspecified atom stereocenters. The van der Waals surface area contributed by atoms with Crippen molar-refractivity contribution in [1.82, 2.24) is 5.43 Å². The number of rotatable bonds is 4. The lowest BCUT2D eigenvalue weighted by molar-refractivity contribution is 0.0952. The number of carbonyl (C=O) groups is 1. The van der Waals surface area contributed by atoms with Gasteiger partial charge in [0.1, 0.15) is 5.75 Å². The summed E-state index contributed by atoms with van der Waals surface area (Å²) in [5, 5.41) is 6.29. The van der Waals surface area contributed by atoms with Crippen LogP contribution in [-0.2, 0) is 0 Å². The molecule has 3 rings (SSSR count). The molecule has 5 heteroatoms. The molecule has 4 nitrogen and oxygen atoms in total. The summed E-state index contributed by atoms with van der Waals surface area (Å²) in [6.45, 7) is 0. The number of ether oxygens (including phenoxy) is 1. The van der Waals surface area contributed by atoms with E-state index in [9.17, 15) is 4.79 Å². The number of hydrogen-bond donors (Lipinski definition) is 1. The smallest absolute Gasteiger partial charge is 0.275 e. The van der Waals surface area contributed by atoms with E-state index in [0.717, 1.165) is 20.8 Å². The molecular weight excluding hydrogens is 368 g/mol. The highest BCUT2D eigenvalue weighted by Crippen LogP contribution is 2.22. The summed E-state index contributed by atoms with van der Waals surface area (Å²) in [5.74, 6) is 0.167. The Bertz CT molecular complexity index is 917. The molecule has 0 saturated heterocycles. The predicted molar refractivity (Wildman–Crippen MR) is 99.7 cm³/mol. The molecular formula is C19H15BrN2O2. The van der Waals surface area contributed by atoms with Crippen molar-refractivity contribution >= 4 is 38.8 Å². The number of amides is 1. The molecule has 0 aromatic heterocycles. The van der Waals surface area contributed by atoms with Gasteiger partial charge in [-0.1, -0.05) is 58.4 Å². The molecule has 0 saturated carbocycles. The van der Waals surface area contributed by atoms with E-state index in [2.05, 4.69) is 26.5 Å². The minimum atomic E-state index is -0.329. The van der Waals surface area contributed by atoms with Crippen LogP contribution in [0, 0.1) is 0 Å². The highest BCUT2D eigenvalue weighted by atomic mass is 79.9. The van der Waals surface area contributed by atoms with Crippen LogP contribution >= 0.6 is 15.9 Å². The molecule has 3 aromatic carbocycles. The van der Waals surface area contributed by atoms with E-state index in [-0.39, 0.29) is 5.91 Å². The van der Waals surface area contributed by atoms with Crippen LogP contribution in [0.15, 0.2) is 70.2 Å². The fraction of sp³-hybridized carbons (Fsp3) is 0.0526. The van der Waals surface area contributed by atoms with Crippen LogP contribution in [0.4, 0.5) is 0 Å². The first kappa shape index (κ1) is 16.2. The van der Waals surface area contributed by atoms with Crippen molar-refractivity contribution in [1.29, 1.82) is 0 Å². The van der Waals surface area contributed by atoms with Gasteiger partial charge in [-0.05, 0) is 29.0 Å². The molecule has 3 aromatic rings. The summed E-state index contributed by atoms with van der Waals surface area (Å²) in [4.78, 5) is 12.3. The standard InChI is InChI=1S/C19H15BrN2O2/c1-24-18-10-9-15(20)11-17(18)19(23)22-21-12-14-7-4-6-13-5-2-3-8-16(13)14/h2-12H,1H3,(H,22,23)/b21-12-. The second-order valence-electron chi connectivity index (χ2n) is 5.11. The Balaban J connectivity index is 1.81. The number of nitrogens with zero attached hydrogens (tertiary/aromatic N) is 1. The maximum absolute atomic E-state index is 12.3. The van der Waals surface area contributed by atoms with Crippen molar-refractivity contribution in [3.05, 3.63) is 76.3 Å². The summed E-state index contributed by atoms with van der Waals surface area (Å²) in [7, 11) is 1.53. The first-order valence-corrected chi connectivity index (χ1v) is 8.13. The van der Waals surface area contributed by atoms with Crippen molar-refractivity contribution in [2.75, 3.05) is 7.11 Å². The largest absolute Gasteiger partial charge is 0.496 e. The van der Waals surface area contributed by atoms with E-state index in [1.165, 1.54) is 7.11 Å². The second kappa shape index (κ2) is 7.27. The first-order chi connectivity index (χ1) is 11.7. The van der Waals surface area contributed by atoms with Gasteiger partial charge in [0, 0.05) is 10.0 Å². The normalized spacial score (nSPS) is 10.9. The predicted octanol–water partition coefficient (Wildman–Crippen LogP) is 4.37. The van der Waals surface area contributed by atoms with Gasteiger partial charge in [-0.25, -0.2) is 5.43 Å². The van der Waals surface area contributed by atoms with Crippen LogP contribution in [0.2, 0.25) is 0 Å². The van der Waals surface area contributed by atoms with Gasteiger partial charge in [0.2, 0.25) is 0 Å². The van der Waals surface area contributed by atoms with Gasteiger partial charge in [0.05, 0.1) is 18.9 Å². The molecule has 0 aliphatic heterocycles. The zero-order valence-electron chi connectivity index (χ0n) is 13.0. The summed E-state index contributed by atoms with van der Waals surface area (Å²) < 4.78 is 6.01. The van der Waals surface area contributed by atoms with E-state index in [1.54, 1.807) is 18.3 Å². The summed E-state index contributed by atoms with van der Waals surface area (Å²) in [6.07, 6.45) is 1.64. The Morgan fingerprint density at radius 2 is 1.92 bits per heavy atom. The zero-order valence-corrected chi connectivity index (χ0v) is 14.6. The molecule has 0 heterocycles. The quantitative estimate of drug-likeness (QED) is 0.537. The molecule has 0 bridgehead atoms. The maximum Gasteiger partial charge on any atom is 0.275 e. The van der Waals surface area contributed by atoms with Gasteiger partial charge in [-0.15, -0.1) is 0 Å². The van der Waals surface area contributed by atoms with Gasteiger partial charge in [0.25, 0.3) is 5.91 Å². The number of nitrogens with one attached hydrogen (secondary N) is 1. The van der Waals surface area contributed by atoms with E-state index in [0.29, 0.717) is 11.3 Å². The van der Waals surface area contributed by atoms with E-state index < -0.39 is 0 Å². The van der Waals surface area contributed by atoms with Crippen molar-refractivity contribution in [3.63, 3.8) is 0 Å². The van der Waals surface area contributed by atoms with Crippen LogP contribution < -0.4 is 10.2 Å². The lowest BCUT2D eigenvalue weighted by atomic mass is 10.1. The number of methoxy groups -OCH3 is 1. The minimum Gasteiger partial charge on any atom is -0.496 e. The third kappa shape index (κ3) is 3.46. The molecule has 0 aliphatic carbocycles. The summed E-state index contributed by atoms with van der Waals surface area (Å²) in [6, 6.07) is 19.2. The fourth-order valence-corrected chi connectivity index (χ4v) is 2.80. The number of fused-ring (bicyclic) bond motifs is 1. The summed E-state index contributed by atoms with van der Waals surface area (Å²) >= 11 is 3.35. The average Bonchev–Trinajstić information content (AvgIpc) is 2.61. The number of hydrazone groups is 1. The maximum atomic E-state index is 12.3. The van der Waals surface area contributed by atoms with Gasteiger partial charge >= 0.3 is 0 Å². The Morgan fingerprint density at radius 3 is 2.75 bits per heavy atom. The van der Waals surface area contributed by atoms with Crippen molar-refractivity contribution in [2.24, 2.45) is 5.10 Å². The van der Waals surface area contributed by atoms with Crippen LogP contribution in [0.1, 0.15) is 15.9 Å². The van der Waals surface area contributed by atoms with Crippen molar-refractivity contribution < 1.29 is 9.53 Å². The lowest BCUT2D eigenvalue weighted by Gasteiger charge is -2.07. The molecule has 120 valence electrons. The Labute approximate surface area is 148 Å². The molecule has 0 atom stereocenters. The average molecular weight is 383 g/mol.